The molecule has 2 aliphatic rings. The molecule has 2 amide bonds. The van der Waals surface area contributed by atoms with E-state index in [0.29, 0.717) is 79.5 Å². The van der Waals surface area contributed by atoms with E-state index in [4.69, 9.17) is 0 Å². The summed E-state index contributed by atoms with van der Waals surface area (Å²) in [6.07, 6.45) is 2.40. The molecule has 3 aromatic carbocycles. The van der Waals surface area contributed by atoms with Gasteiger partial charge in [-0.1, -0.05) is 0 Å². The minimum absolute atomic E-state index is 0.0194. The van der Waals surface area contributed by atoms with Crippen molar-refractivity contribution in [2.75, 3.05) is 24.5 Å². The maximum absolute atomic E-state index is 13.8. The van der Waals surface area contributed by atoms with E-state index in [1.165, 1.54) is 41.0 Å². The molecule has 0 unspecified atom stereocenters. The number of halogens is 2. The summed E-state index contributed by atoms with van der Waals surface area (Å²) < 4.78 is 55.0. The lowest BCUT2D eigenvalue weighted by Crippen LogP contribution is -2.54. The lowest BCUT2D eigenvalue weighted by atomic mass is 10.0. The van der Waals surface area contributed by atoms with Crippen LogP contribution < -0.4 is 15.2 Å². The van der Waals surface area contributed by atoms with Crippen molar-refractivity contribution >= 4 is 38.3 Å². The van der Waals surface area contributed by atoms with Crippen molar-refractivity contribution in [1.82, 2.24) is 14.2 Å². The first-order chi connectivity index (χ1) is 22.5. The van der Waals surface area contributed by atoms with Crippen LogP contribution in [0.3, 0.4) is 0 Å². The quantitative estimate of drug-likeness (QED) is 0.241. The van der Waals surface area contributed by atoms with Gasteiger partial charge in [-0.2, -0.15) is 0 Å². The van der Waals surface area contributed by atoms with Crippen molar-refractivity contribution in [3.8, 4) is 5.69 Å². The van der Waals surface area contributed by atoms with Gasteiger partial charge in [0.2, 0.25) is 15.9 Å². The third-order valence-corrected chi connectivity index (χ3v) is 10.7. The highest BCUT2D eigenvalue weighted by Crippen LogP contribution is 2.28. The van der Waals surface area contributed by atoms with Crippen LogP contribution in [-0.4, -0.2) is 60.6 Å². The minimum Gasteiger partial charge on any atom is -0.368 e. The van der Waals surface area contributed by atoms with Crippen molar-refractivity contribution in [2.45, 2.75) is 56.7 Å². The number of aromatic nitrogens is 1. The predicted octanol–water partition coefficient (Wildman–Crippen LogP) is 4.94. The molecule has 1 atom stereocenters. The zero-order chi connectivity index (χ0) is 33.3. The fourth-order valence-electron chi connectivity index (χ4n) is 6.14. The van der Waals surface area contributed by atoms with Crippen LogP contribution in [0.2, 0.25) is 0 Å². The number of nitrogens with zero attached hydrogens (tertiary/aromatic N) is 3. The number of rotatable bonds is 10. The summed E-state index contributed by atoms with van der Waals surface area (Å²) in [5.41, 5.74) is 2.11. The van der Waals surface area contributed by atoms with Crippen molar-refractivity contribution < 1.29 is 26.8 Å². The molecule has 6 rings (SSSR count). The number of fused-ring (bicyclic) bond motifs is 1. The molecule has 4 aromatic rings. The fraction of sp³-hybridized carbons (Fsp3) is 0.343. The second-order valence-corrected chi connectivity index (χ2v) is 14.3. The Kier molecular flexibility index (Phi) is 9.14. The second kappa shape index (κ2) is 13.3. The Morgan fingerprint density at radius 2 is 1.53 bits per heavy atom. The van der Waals surface area contributed by atoms with E-state index in [9.17, 15) is 31.6 Å². The van der Waals surface area contributed by atoms with Gasteiger partial charge in [0.25, 0.3) is 11.5 Å². The Hall–Kier alpha value is -4.58. The van der Waals surface area contributed by atoms with Crippen LogP contribution in [0.25, 0.3) is 16.5 Å². The van der Waals surface area contributed by atoms with Gasteiger partial charge in [0.15, 0.2) is 0 Å². The van der Waals surface area contributed by atoms with Crippen LogP contribution in [0.1, 0.15) is 55.1 Å². The monoisotopic (exact) mass is 662 g/mol. The van der Waals surface area contributed by atoms with Gasteiger partial charge in [-0.05, 0) is 117 Å². The fourth-order valence-corrected chi connectivity index (χ4v) is 7.48. The first-order valence-electron chi connectivity index (χ1n) is 15.8. The van der Waals surface area contributed by atoms with E-state index in [0.717, 1.165) is 5.69 Å². The van der Waals surface area contributed by atoms with Gasteiger partial charge in [-0.25, -0.2) is 17.2 Å². The van der Waals surface area contributed by atoms with Crippen molar-refractivity contribution in [3.63, 3.8) is 0 Å². The zero-order valence-corrected chi connectivity index (χ0v) is 26.8. The van der Waals surface area contributed by atoms with Crippen molar-refractivity contribution in [2.24, 2.45) is 0 Å². The maximum Gasteiger partial charge on any atom is 0.263 e. The van der Waals surface area contributed by atoms with E-state index in [1.807, 2.05) is 13.0 Å². The molecule has 2 fully saturated rings. The van der Waals surface area contributed by atoms with Crippen LogP contribution in [-0.2, 0) is 21.2 Å². The summed E-state index contributed by atoms with van der Waals surface area (Å²) in [5, 5.41) is 0.494. The number of anilines is 1. The van der Waals surface area contributed by atoms with Gasteiger partial charge in [0.05, 0.1) is 5.25 Å². The molecule has 1 N–H and O–H groups in total. The minimum atomic E-state index is -3.61. The molecule has 1 aliphatic heterocycles. The number of unbranched alkanes of at least 4 members (excludes halogenated alkanes) is 1. The molecule has 12 heteroatoms. The second-order valence-electron chi connectivity index (χ2n) is 12.3. The Morgan fingerprint density at radius 1 is 0.872 bits per heavy atom. The molecule has 1 aliphatic carbocycles. The van der Waals surface area contributed by atoms with Crippen LogP contribution in [0.5, 0.6) is 0 Å². The molecule has 1 aromatic heterocycles. The largest absolute Gasteiger partial charge is 0.368 e. The van der Waals surface area contributed by atoms with Crippen molar-refractivity contribution in [3.05, 3.63) is 106 Å². The van der Waals surface area contributed by atoms with Gasteiger partial charge < -0.3 is 9.80 Å². The lowest BCUT2D eigenvalue weighted by Gasteiger charge is -2.41. The molecule has 1 saturated heterocycles. The number of nitrogens with one attached hydrogen (secondary N) is 1. The molecule has 2 heterocycles. The average molecular weight is 663 g/mol. The van der Waals surface area contributed by atoms with Crippen LogP contribution in [0.4, 0.5) is 14.5 Å². The summed E-state index contributed by atoms with van der Waals surface area (Å²) in [4.78, 5) is 43.7. The maximum atomic E-state index is 13.8. The Labute approximate surface area is 271 Å². The topological polar surface area (TPSA) is 109 Å². The highest BCUT2D eigenvalue weighted by molar-refractivity contribution is 7.90. The van der Waals surface area contributed by atoms with E-state index in [2.05, 4.69) is 9.62 Å². The average Bonchev–Trinajstić information content (AvgIpc) is 3.90. The lowest BCUT2D eigenvalue weighted by molar-refractivity contribution is -0.119. The number of carbonyl (C=O) groups is 2. The summed E-state index contributed by atoms with van der Waals surface area (Å²) in [6, 6.07) is 18.6. The van der Waals surface area contributed by atoms with E-state index < -0.39 is 27.0 Å². The molecular weight excluding hydrogens is 626 g/mol. The number of carbonyl (C=O) groups excluding carboxylic acids is 2. The molecule has 0 radical (unpaired) electrons. The Morgan fingerprint density at radius 3 is 2.17 bits per heavy atom. The number of benzene rings is 3. The number of amides is 2. The molecule has 47 heavy (non-hydrogen) atoms. The van der Waals surface area contributed by atoms with Crippen LogP contribution in [0.15, 0.2) is 77.6 Å². The number of aryl methyl sites for hydroxylation is 1. The molecular formula is C35H36F2N4O5S. The molecule has 1 saturated carbocycles. The molecule has 0 bridgehead atoms. The third-order valence-electron chi connectivity index (χ3n) is 8.81. The Balaban J connectivity index is 1.22. The highest BCUT2D eigenvalue weighted by atomic mass is 32.2. The number of sulfonamides is 1. The number of piperazine rings is 1. The van der Waals surface area contributed by atoms with Crippen LogP contribution in [0, 0.1) is 11.6 Å². The van der Waals surface area contributed by atoms with Gasteiger partial charge in [-0.15, -0.1) is 0 Å². The zero-order valence-electron chi connectivity index (χ0n) is 26.0. The third kappa shape index (κ3) is 7.22. The number of hydrogen-bond acceptors (Lipinski definition) is 6. The normalized spacial score (nSPS) is 16.8. The van der Waals surface area contributed by atoms with E-state index >= 15 is 0 Å². The first-order valence-corrected chi connectivity index (χ1v) is 17.4. The summed E-state index contributed by atoms with van der Waals surface area (Å²) in [5.74, 6) is -1.45. The molecule has 0 spiro atoms. The summed E-state index contributed by atoms with van der Waals surface area (Å²) in [6.45, 7) is 3.62. The number of hydrogen-bond donors (Lipinski definition) is 1. The van der Waals surface area contributed by atoms with E-state index in [-0.39, 0.29) is 29.7 Å². The van der Waals surface area contributed by atoms with Crippen molar-refractivity contribution in [1.29, 1.82) is 0 Å². The highest BCUT2D eigenvalue weighted by Gasteiger charge is 2.36. The molecule has 246 valence electrons. The smallest absolute Gasteiger partial charge is 0.263 e. The first kappa shape index (κ1) is 32.4. The molecule has 9 nitrogen and oxygen atoms in total. The van der Waals surface area contributed by atoms with Crippen LogP contribution >= 0.6 is 0 Å². The van der Waals surface area contributed by atoms with Gasteiger partial charge in [0, 0.05) is 60.1 Å². The van der Waals surface area contributed by atoms with E-state index in [1.54, 1.807) is 35.2 Å². The number of pyridine rings is 1. The van der Waals surface area contributed by atoms with Gasteiger partial charge >= 0.3 is 0 Å². The summed E-state index contributed by atoms with van der Waals surface area (Å²) in [7, 11) is -3.61. The SMILES string of the molecule is C[C@@H]1CN(c2ccc(F)cc2)CCN1C(=O)c1ccc2c(=O)n(-c3ccc(F)cc3)c(CCCCC(=O)NS(=O)(=O)C3CC3)cc2c1. The Bertz CT molecular complexity index is 1980. The summed E-state index contributed by atoms with van der Waals surface area (Å²) >= 11 is 0. The van der Waals surface area contributed by atoms with Gasteiger partial charge in [-0.3, -0.25) is 23.7 Å². The standard InChI is InChI=1S/C35H36F2N4O5S/c1-23-22-39(28-11-7-26(36)8-12-28)18-19-40(23)34(43)24-6-17-32-25(20-24)21-30(41(35(32)44)29-13-9-27(37)10-14-29)4-2-3-5-33(42)38-47(45,46)31-15-16-31/h6-14,17,20-21,23,31H,2-5,15-16,18-19,22H2,1H3,(H,38,42)/t23-/m1/s1. The predicted molar refractivity (Wildman–Crippen MR) is 176 cm³/mol. The van der Waals surface area contributed by atoms with Gasteiger partial charge in [0.1, 0.15) is 11.6 Å².